The van der Waals surface area contributed by atoms with E-state index in [-0.39, 0.29) is 22.3 Å². The first kappa shape index (κ1) is 22.7. The van der Waals surface area contributed by atoms with E-state index in [1.54, 1.807) is 0 Å². The summed E-state index contributed by atoms with van der Waals surface area (Å²) in [4.78, 5) is 42.4. The van der Waals surface area contributed by atoms with E-state index in [4.69, 9.17) is 26.8 Å². The van der Waals surface area contributed by atoms with E-state index in [0.29, 0.717) is 0 Å². The summed E-state index contributed by atoms with van der Waals surface area (Å²) in [6.07, 6.45) is -5.45. The van der Waals surface area contributed by atoms with Crippen molar-refractivity contribution in [1.29, 1.82) is 0 Å². The van der Waals surface area contributed by atoms with Crippen LogP contribution >= 0.6 is 19.2 Å². The number of aliphatic hydroxyl groups excluding tert-OH is 1. The van der Waals surface area contributed by atoms with Gasteiger partial charge in [0.2, 0.25) is 5.28 Å². The third kappa shape index (κ3) is 3.75. The number of nitrogens with zero attached hydrogens (tertiary/aromatic N) is 4. The van der Waals surface area contributed by atoms with Crippen molar-refractivity contribution < 1.29 is 42.9 Å². The molecule has 2 aromatic heterocycles. The number of rotatable bonds is 6. The molecule has 0 amide bonds. The molecule has 1 saturated heterocycles. The third-order valence-corrected chi connectivity index (χ3v) is 6.23. The van der Waals surface area contributed by atoms with Crippen LogP contribution in [0.2, 0.25) is 5.28 Å². The predicted octanol–water partition coefficient (Wildman–Crippen LogP) is -0.258. The highest BCUT2D eigenvalue weighted by molar-refractivity contribution is 7.54. The van der Waals surface area contributed by atoms with E-state index < -0.39 is 50.1 Å². The van der Waals surface area contributed by atoms with Gasteiger partial charge in [-0.3, -0.25) is 9.13 Å². The second-order valence-electron chi connectivity index (χ2n) is 6.53. The number of hydrogen-bond acceptors (Lipinski definition) is 10. The zero-order chi connectivity index (χ0) is 22.4. The van der Waals surface area contributed by atoms with E-state index in [1.807, 2.05) is 0 Å². The van der Waals surface area contributed by atoms with Crippen LogP contribution in [0.1, 0.15) is 13.2 Å². The number of halogens is 2. The highest BCUT2D eigenvalue weighted by Gasteiger charge is 2.54. The minimum atomic E-state index is -5.15. The second-order valence-corrected chi connectivity index (χ2v) is 8.81. The molecule has 3 heterocycles. The Labute approximate surface area is 173 Å². The number of nitrogen functional groups attached to an aromatic ring is 1. The van der Waals surface area contributed by atoms with Gasteiger partial charge in [0, 0.05) is 0 Å². The van der Waals surface area contributed by atoms with Gasteiger partial charge in [-0.15, -0.1) is 0 Å². The maximum Gasteiger partial charge on any atom is 0.368 e. The lowest BCUT2D eigenvalue weighted by Gasteiger charge is -2.29. The number of ether oxygens (including phenoxy) is 3. The summed E-state index contributed by atoms with van der Waals surface area (Å²) in [5, 5.41) is 7.30. The van der Waals surface area contributed by atoms with E-state index >= 15 is 0 Å². The number of methoxy groups -OCH3 is 1. The molecule has 0 aliphatic carbocycles. The van der Waals surface area contributed by atoms with E-state index in [2.05, 4.69) is 19.7 Å². The van der Waals surface area contributed by atoms with Gasteiger partial charge in [-0.05, 0) is 18.5 Å². The Morgan fingerprint density at radius 3 is 2.77 bits per heavy atom. The number of carbonyl (C=O) groups excluding carboxylic acids is 1. The zero-order valence-electron chi connectivity index (χ0n) is 15.5. The van der Waals surface area contributed by atoms with Crippen LogP contribution in [-0.2, 0) is 23.6 Å². The van der Waals surface area contributed by atoms with Crippen molar-refractivity contribution in [2.24, 2.45) is 0 Å². The number of fused-ring (bicyclic) bond motifs is 1. The lowest BCUT2D eigenvalue weighted by Crippen LogP contribution is -2.43. The first-order chi connectivity index (χ1) is 13.9. The van der Waals surface area contributed by atoms with Gasteiger partial charge in [0.25, 0.3) is 5.34 Å². The van der Waals surface area contributed by atoms with Crippen LogP contribution in [0.3, 0.4) is 0 Å². The first-order valence-corrected chi connectivity index (χ1v) is 10.3. The molecular weight excluding hydrogens is 452 g/mol. The summed E-state index contributed by atoms with van der Waals surface area (Å²) < 4.78 is 42.5. The minimum absolute atomic E-state index is 0.0449. The smallest absolute Gasteiger partial charge is 0.368 e. The molecule has 0 spiro atoms. The Morgan fingerprint density at radius 1 is 1.50 bits per heavy atom. The van der Waals surface area contributed by atoms with Crippen LogP contribution in [0.15, 0.2) is 6.33 Å². The van der Waals surface area contributed by atoms with Gasteiger partial charge in [0.1, 0.15) is 17.7 Å². The molecule has 0 radical (unpaired) electrons. The second kappa shape index (κ2) is 7.96. The van der Waals surface area contributed by atoms with Gasteiger partial charge < -0.3 is 34.8 Å². The molecule has 16 heteroatoms. The van der Waals surface area contributed by atoms with Gasteiger partial charge in [0.15, 0.2) is 23.9 Å². The van der Waals surface area contributed by atoms with E-state index in [9.17, 15) is 28.6 Å². The maximum atomic E-state index is 14.8. The summed E-state index contributed by atoms with van der Waals surface area (Å²) in [6, 6.07) is 0. The number of aromatic nitrogens is 4. The van der Waals surface area contributed by atoms with Crippen LogP contribution < -0.4 is 5.73 Å². The lowest BCUT2D eigenvalue weighted by molar-refractivity contribution is -0.164. The normalized spacial score (nSPS) is 26.6. The van der Waals surface area contributed by atoms with Crippen LogP contribution in [0, 0.1) is 0 Å². The predicted molar refractivity (Wildman–Crippen MR) is 98.0 cm³/mol. The fraction of sp³-hybridized carbons (Fsp3) is 0.571. The number of carbonyl (C=O) groups is 1. The zero-order valence-corrected chi connectivity index (χ0v) is 17.2. The quantitative estimate of drug-likeness (QED) is 0.246. The Hall–Kier alpha value is -1.93. The summed E-state index contributed by atoms with van der Waals surface area (Å²) in [7, 11) is -4.23. The van der Waals surface area contributed by atoms with Crippen LogP contribution in [0.5, 0.6) is 0 Å². The molecule has 1 fully saturated rings. The number of alkyl halides is 1. The number of anilines is 1. The molecule has 2 aromatic rings. The summed E-state index contributed by atoms with van der Waals surface area (Å²) in [5.41, 5.74) is 5.88. The van der Waals surface area contributed by atoms with E-state index in [0.717, 1.165) is 24.9 Å². The number of esters is 1. The van der Waals surface area contributed by atoms with Crippen LogP contribution in [0.4, 0.5) is 10.2 Å². The molecule has 0 saturated carbocycles. The van der Waals surface area contributed by atoms with Gasteiger partial charge in [0.05, 0.1) is 20.0 Å². The monoisotopic (exact) mass is 469 g/mol. The topological polar surface area (TPSA) is 192 Å². The molecule has 1 aliphatic heterocycles. The van der Waals surface area contributed by atoms with Gasteiger partial charge >= 0.3 is 13.6 Å². The Morgan fingerprint density at radius 2 is 2.17 bits per heavy atom. The summed E-state index contributed by atoms with van der Waals surface area (Å²) >= 11 is 5.77. The average molecular weight is 470 g/mol. The minimum Gasteiger partial charge on any atom is -0.466 e. The molecule has 13 nitrogen and oxygen atoms in total. The molecule has 5 N–H and O–H groups in total. The van der Waals surface area contributed by atoms with Crippen molar-refractivity contribution in [3.63, 3.8) is 0 Å². The summed E-state index contributed by atoms with van der Waals surface area (Å²) in [5.74, 6) is -1.40. The van der Waals surface area contributed by atoms with Crippen LogP contribution in [-0.4, -0.2) is 77.8 Å². The molecular formula is C14H18ClFN5O8P. The fourth-order valence-electron chi connectivity index (χ4n) is 2.86. The third-order valence-electron chi connectivity index (χ3n) is 4.64. The maximum absolute atomic E-state index is 14.8. The van der Waals surface area contributed by atoms with Gasteiger partial charge in [-0.1, -0.05) is 0 Å². The number of aliphatic hydroxyl groups is 1. The number of imidazole rings is 1. The van der Waals surface area contributed by atoms with Crippen molar-refractivity contribution in [2.75, 3.05) is 19.5 Å². The van der Waals surface area contributed by atoms with Crippen molar-refractivity contribution in [3.05, 3.63) is 11.6 Å². The largest absolute Gasteiger partial charge is 0.466 e. The average Bonchev–Trinajstić information content (AvgIpc) is 3.20. The SMILES string of the molecule is COC(=O)C(C)(OC[C@H]1OC(n2cnc3c(N)nc(Cl)nc32)[C@@H](F)[C@@H]1O)P(=O)(O)O. The number of nitrogens with two attached hydrogens (primary N) is 1. The molecule has 3 rings (SSSR count). The van der Waals surface area contributed by atoms with Crippen molar-refractivity contribution >= 4 is 42.1 Å². The molecule has 30 heavy (non-hydrogen) atoms. The fourth-order valence-corrected chi connectivity index (χ4v) is 3.60. The molecule has 0 aromatic carbocycles. The lowest BCUT2D eigenvalue weighted by atomic mass is 10.1. The molecule has 2 unspecified atom stereocenters. The van der Waals surface area contributed by atoms with Gasteiger partial charge in [-0.25, -0.2) is 14.2 Å². The molecule has 5 atom stereocenters. The summed E-state index contributed by atoms with van der Waals surface area (Å²) in [6.45, 7) is 0.0791. The van der Waals surface area contributed by atoms with Crippen LogP contribution in [0.25, 0.3) is 11.2 Å². The number of hydrogen-bond donors (Lipinski definition) is 4. The van der Waals surface area contributed by atoms with E-state index in [1.165, 1.54) is 0 Å². The Bertz CT molecular complexity index is 1020. The highest BCUT2D eigenvalue weighted by atomic mass is 35.5. The highest BCUT2D eigenvalue weighted by Crippen LogP contribution is 2.52. The first-order valence-electron chi connectivity index (χ1n) is 8.32. The van der Waals surface area contributed by atoms with Crippen molar-refractivity contribution in [1.82, 2.24) is 19.5 Å². The van der Waals surface area contributed by atoms with Crippen molar-refractivity contribution in [3.8, 4) is 0 Å². The Kier molecular flexibility index (Phi) is 6.04. The standard InChI is InChI=1S/C14H18ClFN5O8P/c1-14(12(23)27-2,30(24,25)26)28-3-5-8(22)6(16)11(29-5)21-4-18-7-9(17)19-13(15)20-10(7)21/h4-6,8,11,22H,3H2,1-2H3,(H2,17,19,20)(H2,24,25,26)/t5-,6+,8-,11?,14?/m1/s1. The van der Waals surface area contributed by atoms with Crippen molar-refractivity contribution in [2.45, 2.75) is 36.9 Å². The molecule has 1 aliphatic rings. The molecule has 0 bridgehead atoms. The Balaban J connectivity index is 1.84. The van der Waals surface area contributed by atoms with Gasteiger partial charge in [-0.2, -0.15) is 9.97 Å². The molecule has 166 valence electrons.